The summed E-state index contributed by atoms with van der Waals surface area (Å²) in [5.74, 6) is 0. The first-order valence-electron chi connectivity index (χ1n) is 6.90. The van der Waals surface area contributed by atoms with Crippen molar-refractivity contribution in [2.45, 2.75) is 24.2 Å². The van der Waals surface area contributed by atoms with Crippen LogP contribution in [-0.4, -0.2) is 37.1 Å². The minimum atomic E-state index is 0.691. The predicted molar refractivity (Wildman–Crippen MR) is 80.6 cm³/mol. The van der Waals surface area contributed by atoms with Crippen LogP contribution >= 0.6 is 15.9 Å². The lowest BCUT2D eigenvalue weighted by Crippen LogP contribution is -2.50. The highest BCUT2D eigenvalue weighted by molar-refractivity contribution is 9.08. The quantitative estimate of drug-likeness (QED) is 0.785. The van der Waals surface area contributed by atoms with Gasteiger partial charge in [-0.15, -0.1) is 0 Å². The molecule has 1 aromatic carbocycles. The summed E-state index contributed by atoms with van der Waals surface area (Å²) in [5.41, 5.74) is 3.09. The average molecular weight is 320 g/mol. The van der Waals surface area contributed by atoms with E-state index >= 15 is 0 Å². The molecule has 100 valence electrons. The van der Waals surface area contributed by atoms with Crippen molar-refractivity contribution in [3.63, 3.8) is 0 Å². The maximum absolute atomic E-state index is 9.35. The van der Waals surface area contributed by atoms with Crippen LogP contribution < -0.4 is 4.90 Å². The van der Waals surface area contributed by atoms with Crippen LogP contribution in [0.2, 0.25) is 0 Å². The summed E-state index contributed by atoms with van der Waals surface area (Å²) in [6, 6.07) is 9.27. The van der Waals surface area contributed by atoms with E-state index in [0.29, 0.717) is 6.04 Å². The molecule has 0 aliphatic carbocycles. The van der Waals surface area contributed by atoms with E-state index in [1.807, 2.05) is 6.07 Å². The smallest absolute Gasteiger partial charge is 0.101 e. The fourth-order valence-electron chi connectivity index (χ4n) is 3.24. The Bertz CT molecular complexity index is 509. The van der Waals surface area contributed by atoms with Gasteiger partial charge >= 0.3 is 0 Å². The maximum atomic E-state index is 9.35. The summed E-state index contributed by atoms with van der Waals surface area (Å²) in [5, 5.41) is 10.2. The predicted octanol–water partition coefficient (Wildman–Crippen LogP) is 2.74. The highest BCUT2D eigenvalue weighted by atomic mass is 79.9. The summed E-state index contributed by atoms with van der Waals surface area (Å²) >= 11 is 3.45. The number of fused-ring (bicyclic) bond motifs is 1. The van der Waals surface area contributed by atoms with Gasteiger partial charge in [-0.2, -0.15) is 5.26 Å². The minimum Gasteiger partial charge on any atom is -0.368 e. The first-order valence-corrected chi connectivity index (χ1v) is 8.02. The second-order valence-electron chi connectivity index (χ2n) is 5.37. The van der Waals surface area contributed by atoms with E-state index in [9.17, 15) is 5.26 Å². The molecule has 3 nitrogen and oxygen atoms in total. The van der Waals surface area contributed by atoms with Crippen molar-refractivity contribution in [1.82, 2.24) is 4.90 Å². The Labute approximate surface area is 122 Å². The zero-order valence-electron chi connectivity index (χ0n) is 11.0. The van der Waals surface area contributed by atoms with Gasteiger partial charge in [-0.05, 0) is 37.1 Å². The molecule has 0 amide bonds. The maximum Gasteiger partial charge on any atom is 0.101 e. The molecule has 19 heavy (non-hydrogen) atoms. The summed E-state index contributed by atoms with van der Waals surface area (Å²) in [4.78, 5) is 4.98. The number of hydrogen-bond donors (Lipinski definition) is 0. The van der Waals surface area contributed by atoms with Crippen LogP contribution in [0.15, 0.2) is 18.2 Å². The van der Waals surface area contributed by atoms with Crippen molar-refractivity contribution in [2.75, 3.05) is 31.1 Å². The van der Waals surface area contributed by atoms with E-state index in [4.69, 9.17) is 0 Å². The van der Waals surface area contributed by atoms with E-state index in [2.05, 4.69) is 43.9 Å². The molecule has 1 atom stereocenters. The molecule has 0 bridgehead atoms. The van der Waals surface area contributed by atoms with Crippen molar-refractivity contribution < 1.29 is 0 Å². The summed E-state index contributed by atoms with van der Waals surface area (Å²) in [6.07, 6.45) is 2.63. The SMILES string of the molecule is N#Cc1cc(CBr)ccc1N1CCN2CCCC2C1. The summed E-state index contributed by atoms with van der Waals surface area (Å²) < 4.78 is 0. The largest absolute Gasteiger partial charge is 0.368 e. The second-order valence-corrected chi connectivity index (χ2v) is 5.94. The van der Waals surface area contributed by atoms with Gasteiger partial charge in [0.05, 0.1) is 11.3 Å². The molecule has 0 N–H and O–H groups in total. The summed E-state index contributed by atoms with van der Waals surface area (Å²) in [6.45, 7) is 4.50. The molecule has 2 fully saturated rings. The Morgan fingerprint density at radius 2 is 2.21 bits per heavy atom. The van der Waals surface area contributed by atoms with Gasteiger partial charge in [0, 0.05) is 31.0 Å². The van der Waals surface area contributed by atoms with Crippen molar-refractivity contribution in [2.24, 2.45) is 0 Å². The van der Waals surface area contributed by atoms with Crippen molar-refractivity contribution >= 4 is 21.6 Å². The van der Waals surface area contributed by atoms with Gasteiger partial charge in [0.25, 0.3) is 0 Å². The zero-order chi connectivity index (χ0) is 13.2. The van der Waals surface area contributed by atoms with Gasteiger partial charge in [-0.3, -0.25) is 4.90 Å². The number of alkyl halides is 1. The van der Waals surface area contributed by atoms with Gasteiger partial charge < -0.3 is 4.90 Å². The summed E-state index contributed by atoms with van der Waals surface area (Å²) in [7, 11) is 0. The van der Waals surface area contributed by atoms with Crippen molar-refractivity contribution in [3.05, 3.63) is 29.3 Å². The lowest BCUT2D eigenvalue weighted by atomic mass is 10.1. The van der Waals surface area contributed by atoms with E-state index in [-0.39, 0.29) is 0 Å². The molecule has 2 aliphatic heterocycles. The lowest BCUT2D eigenvalue weighted by molar-refractivity contribution is 0.231. The highest BCUT2D eigenvalue weighted by Crippen LogP contribution is 2.28. The van der Waals surface area contributed by atoms with E-state index < -0.39 is 0 Å². The number of nitrogens with zero attached hydrogens (tertiary/aromatic N) is 3. The molecule has 2 aliphatic rings. The number of nitriles is 1. The van der Waals surface area contributed by atoms with Crippen LogP contribution in [0.25, 0.3) is 0 Å². The molecule has 1 aromatic rings. The fourth-order valence-corrected chi connectivity index (χ4v) is 3.59. The van der Waals surface area contributed by atoms with E-state index in [0.717, 1.165) is 36.2 Å². The molecule has 2 heterocycles. The molecule has 3 rings (SSSR count). The second kappa shape index (κ2) is 5.52. The van der Waals surface area contributed by atoms with Crippen LogP contribution in [0.3, 0.4) is 0 Å². The molecule has 1 unspecified atom stereocenters. The third kappa shape index (κ3) is 2.50. The van der Waals surface area contributed by atoms with Gasteiger partial charge in [0.15, 0.2) is 0 Å². The minimum absolute atomic E-state index is 0.691. The van der Waals surface area contributed by atoms with Crippen molar-refractivity contribution in [1.29, 1.82) is 5.26 Å². The van der Waals surface area contributed by atoms with Crippen LogP contribution in [0.5, 0.6) is 0 Å². The number of hydrogen-bond acceptors (Lipinski definition) is 3. The molecule has 2 saturated heterocycles. The number of benzene rings is 1. The van der Waals surface area contributed by atoms with Crippen LogP contribution in [-0.2, 0) is 5.33 Å². The fraction of sp³-hybridized carbons (Fsp3) is 0.533. The molecule has 0 aromatic heterocycles. The van der Waals surface area contributed by atoms with Gasteiger partial charge in [-0.25, -0.2) is 0 Å². The first-order chi connectivity index (χ1) is 9.31. The molecule has 0 saturated carbocycles. The Kier molecular flexibility index (Phi) is 3.76. The standard InChI is InChI=1S/C15H18BrN3/c16-9-12-3-4-15(13(8-12)10-17)19-7-6-18-5-1-2-14(18)11-19/h3-4,8,14H,1-2,5-7,9,11H2. The first kappa shape index (κ1) is 13.0. The normalized spacial score (nSPS) is 23.2. The number of halogens is 1. The Hall–Kier alpha value is -1.05. The van der Waals surface area contributed by atoms with E-state index in [1.54, 1.807) is 0 Å². The third-order valence-corrected chi connectivity index (χ3v) is 4.91. The molecule has 4 heteroatoms. The molecular formula is C15H18BrN3. The van der Waals surface area contributed by atoms with Crippen molar-refractivity contribution in [3.8, 4) is 6.07 Å². The number of anilines is 1. The van der Waals surface area contributed by atoms with Crippen LogP contribution in [0.1, 0.15) is 24.0 Å². The zero-order valence-corrected chi connectivity index (χ0v) is 12.6. The highest BCUT2D eigenvalue weighted by Gasteiger charge is 2.31. The van der Waals surface area contributed by atoms with Gasteiger partial charge in [0.1, 0.15) is 6.07 Å². The lowest BCUT2D eigenvalue weighted by Gasteiger charge is -2.39. The Balaban J connectivity index is 1.84. The average Bonchev–Trinajstić information content (AvgIpc) is 2.93. The Morgan fingerprint density at radius 1 is 1.32 bits per heavy atom. The molecule has 0 spiro atoms. The molecular weight excluding hydrogens is 302 g/mol. The topological polar surface area (TPSA) is 30.3 Å². The van der Waals surface area contributed by atoms with Gasteiger partial charge in [-0.1, -0.05) is 22.0 Å². The number of piperazine rings is 1. The third-order valence-electron chi connectivity index (χ3n) is 4.26. The monoisotopic (exact) mass is 319 g/mol. The van der Waals surface area contributed by atoms with E-state index in [1.165, 1.54) is 24.9 Å². The molecule has 0 radical (unpaired) electrons. The van der Waals surface area contributed by atoms with Crippen LogP contribution in [0.4, 0.5) is 5.69 Å². The van der Waals surface area contributed by atoms with Gasteiger partial charge in [0.2, 0.25) is 0 Å². The number of rotatable bonds is 2. The van der Waals surface area contributed by atoms with Crippen LogP contribution in [0, 0.1) is 11.3 Å². The Morgan fingerprint density at radius 3 is 3.00 bits per heavy atom.